The standard InChI is InChI=1S/C26H19BrClN3O6/c1-36-22-5-3-2-4-20(22)29-23(32)14-37-21-11-6-15(13-19(21)27)12-18-24(33)30-26(35)31(25(18)34)17-9-7-16(28)8-10-17/h2-13H,14H2,1H3,(H,29,32)(H,30,33,35)/b18-12-. The quantitative estimate of drug-likeness (QED) is 0.305. The van der Waals surface area contributed by atoms with Crippen LogP contribution in [0.4, 0.5) is 16.2 Å². The van der Waals surface area contributed by atoms with Crippen LogP contribution < -0.4 is 25.0 Å². The van der Waals surface area contributed by atoms with Crippen LogP contribution in [0.25, 0.3) is 6.08 Å². The molecule has 37 heavy (non-hydrogen) atoms. The molecule has 1 saturated heterocycles. The van der Waals surface area contributed by atoms with Gasteiger partial charge in [-0.15, -0.1) is 0 Å². The smallest absolute Gasteiger partial charge is 0.335 e. The van der Waals surface area contributed by atoms with Crippen LogP contribution in [0.1, 0.15) is 5.56 Å². The third kappa shape index (κ3) is 5.99. The summed E-state index contributed by atoms with van der Waals surface area (Å²) in [5.41, 5.74) is 1.04. The van der Waals surface area contributed by atoms with Crippen molar-refractivity contribution in [2.75, 3.05) is 23.9 Å². The number of para-hydroxylation sites is 2. The number of rotatable bonds is 7. The number of halogens is 2. The van der Waals surface area contributed by atoms with Gasteiger partial charge in [-0.25, -0.2) is 9.69 Å². The van der Waals surface area contributed by atoms with E-state index >= 15 is 0 Å². The van der Waals surface area contributed by atoms with Crippen LogP contribution in [-0.4, -0.2) is 37.5 Å². The first-order valence-electron chi connectivity index (χ1n) is 10.8. The van der Waals surface area contributed by atoms with Crippen molar-refractivity contribution in [1.29, 1.82) is 0 Å². The summed E-state index contributed by atoms with van der Waals surface area (Å²) in [5, 5.41) is 5.32. The minimum absolute atomic E-state index is 0.230. The van der Waals surface area contributed by atoms with Gasteiger partial charge in [-0.2, -0.15) is 0 Å². The van der Waals surface area contributed by atoms with Gasteiger partial charge in [0.25, 0.3) is 17.7 Å². The van der Waals surface area contributed by atoms with Crippen LogP contribution in [0.5, 0.6) is 11.5 Å². The molecule has 0 aromatic heterocycles. The van der Waals surface area contributed by atoms with Crippen molar-refractivity contribution < 1.29 is 28.7 Å². The van der Waals surface area contributed by atoms with E-state index in [1.165, 1.54) is 37.5 Å². The van der Waals surface area contributed by atoms with Gasteiger partial charge in [0.05, 0.1) is 23.0 Å². The Morgan fingerprint density at radius 2 is 1.78 bits per heavy atom. The number of nitrogens with one attached hydrogen (secondary N) is 2. The van der Waals surface area contributed by atoms with E-state index in [4.69, 9.17) is 21.1 Å². The Labute approximate surface area is 225 Å². The second kappa shape index (κ2) is 11.3. The Hall–Kier alpha value is -4.15. The number of barbiturate groups is 1. The molecular weight excluding hydrogens is 566 g/mol. The molecule has 1 aliphatic heterocycles. The predicted octanol–water partition coefficient (Wildman–Crippen LogP) is 4.80. The van der Waals surface area contributed by atoms with E-state index in [9.17, 15) is 19.2 Å². The minimum atomic E-state index is -0.856. The highest BCUT2D eigenvalue weighted by atomic mass is 79.9. The molecule has 1 aliphatic rings. The Bertz CT molecular complexity index is 1420. The number of hydrogen-bond donors (Lipinski definition) is 2. The maximum absolute atomic E-state index is 13.0. The van der Waals surface area contributed by atoms with Crippen LogP contribution in [0, 0.1) is 0 Å². The number of benzene rings is 3. The lowest BCUT2D eigenvalue weighted by molar-refractivity contribution is -0.122. The van der Waals surface area contributed by atoms with E-state index in [1.807, 2.05) is 0 Å². The number of carbonyl (C=O) groups is 4. The molecule has 1 heterocycles. The molecule has 3 aromatic carbocycles. The summed E-state index contributed by atoms with van der Waals surface area (Å²) < 4.78 is 11.3. The van der Waals surface area contributed by atoms with E-state index in [-0.39, 0.29) is 23.8 Å². The molecule has 0 spiro atoms. The SMILES string of the molecule is COc1ccccc1NC(=O)COc1ccc(/C=C2/C(=O)NC(=O)N(c3ccc(Cl)cc3)C2=O)cc1Br. The van der Waals surface area contributed by atoms with Gasteiger partial charge >= 0.3 is 6.03 Å². The fourth-order valence-electron chi connectivity index (χ4n) is 3.45. The normalized spacial score (nSPS) is 14.4. The van der Waals surface area contributed by atoms with E-state index < -0.39 is 17.8 Å². The second-order valence-corrected chi connectivity index (χ2v) is 8.95. The fraction of sp³-hybridized carbons (Fsp3) is 0.0769. The van der Waals surface area contributed by atoms with E-state index in [1.54, 1.807) is 42.5 Å². The summed E-state index contributed by atoms with van der Waals surface area (Å²) in [5.74, 6) is -1.09. The van der Waals surface area contributed by atoms with E-state index in [0.717, 1.165) is 4.90 Å². The number of hydrogen-bond acceptors (Lipinski definition) is 6. The van der Waals surface area contributed by atoms with Crippen molar-refractivity contribution in [3.05, 3.63) is 87.4 Å². The van der Waals surface area contributed by atoms with E-state index in [0.29, 0.717) is 32.2 Å². The molecule has 0 bridgehead atoms. The number of nitrogens with zero attached hydrogens (tertiary/aromatic N) is 1. The lowest BCUT2D eigenvalue weighted by Gasteiger charge is -2.26. The highest BCUT2D eigenvalue weighted by Crippen LogP contribution is 2.29. The first-order chi connectivity index (χ1) is 17.8. The molecule has 188 valence electrons. The zero-order valence-electron chi connectivity index (χ0n) is 19.3. The van der Waals surface area contributed by atoms with Crippen LogP contribution >= 0.6 is 27.5 Å². The summed E-state index contributed by atoms with van der Waals surface area (Å²) in [6, 6.07) is 17.0. The number of carbonyl (C=O) groups excluding carboxylic acids is 4. The molecule has 1 fully saturated rings. The average molecular weight is 585 g/mol. The molecule has 0 unspecified atom stereocenters. The molecule has 3 aromatic rings. The highest BCUT2D eigenvalue weighted by molar-refractivity contribution is 9.10. The molecule has 9 nitrogen and oxygen atoms in total. The van der Waals surface area contributed by atoms with Crippen molar-refractivity contribution in [3.63, 3.8) is 0 Å². The van der Waals surface area contributed by atoms with Crippen molar-refractivity contribution in [2.24, 2.45) is 0 Å². The Balaban J connectivity index is 1.47. The average Bonchev–Trinajstić information content (AvgIpc) is 2.87. The monoisotopic (exact) mass is 583 g/mol. The van der Waals surface area contributed by atoms with Crippen molar-refractivity contribution in [2.45, 2.75) is 0 Å². The minimum Gasteiger partial charge on any atom is -0.495 e. The van der Waals surface area contributed by atoms with Crippen LogP contribution in [0.3, 0.4) is 0 Å². The zero-order valence-corrected chi connectivity index (χ0v) is 21.6. The lowest BCUT2D eigenvalue weighted by Crippen LogP contribution is -2.54. The molecule has 11 heteroatoms. The number of methoxy groups -OCH3 is 1. The van der Waals surface area contributed by atoms with Gasteiger partial charge in [0, 0.05) is 5.02 Å². The fourth-order valence-corrected chi connectivity index (χ4v) is 4.09. The molecule has 4 rings (SSSR count). The Morgan fingerprint density at radius 1 is 1.05 bits per heavy atom. The molecule has 0 aliphatic carbocycles. The van der Waals surface area contributed by atoms with Gasteiger partial charge in [-0.05, 0) is 76.1 Å². The third-order valence-corrected chi connectivity index (χ3v) is 6.06. The Kier molecular flexibility index (Phi) is 7.90. The number of amides is 5. The molecule has 0 atom stereocenters. The number of anilines is 2. The summed E-state index contributed by atoms with van der Waals surface area (Å²) in [6.45, 7) is -0.268. The Morgan fingerprint density at radius 3 is 2.49 bits per heavy atom. The zero-order chi connectivity index (χ0) is 26.5. The first-order valence-corrected chi connectivity index (χ1v) is 12.0. The lowest BCUT2D eigenvalue weighted by atomic mass is 10.1. The maximum Gasteiger partial charge on any atom is 0.335 e. The second-order valence-electron chi connectivity index (χ2n) is 7.66. The van der Waals surface area contributed by atoms with Crippen LogP contribution in [0.2, 0.25) is 5.02 Å². The molecule has 2 N–H and O–H groups in total. The highest BCUT2D eigenvalue weighted by Gasteiger charge is 2.36. The van der Waals surface area contributed by atoms with Crippen molar-refractivity contribution >= 4 is 68.7 Å². The van der Waals surface area contributed by atoms with Gasteiger partial charge < -0.3 is 14.8 Å². The molecule has 5 amide bonds. The van der Waals surface area contributed by atoms with E-state index in [2.05, 4.69) is 26.6 Å². The largest absolute Gasteiger partial charge is 0.495 e. The summed E-state index contributed by atoms with van der Waals surface area (Å²) in [7, 11) is 1.51. The van der Waals surface area contributed by atoms with Crippen LogP contribution in [0.15, 0.2) is 76.8 Å². The predicted molar refractivity (Wildman–Crippen MR) is 142 cm³/mol. The van der Waals surface area contributed by atoms with Gasteiger partial charge in [-0.3, -0.25) is 19.7 Å². The maximum atomic E-state index is 13.0. The molecular formula is C26H19BrClN3O6. The van der Waals surface area contributed by atoms with Gasteiger partial charge in [0.2, 0.25) is 0 Å². The third-order valence-electron chi connectivity index (χ3n) is 5.19. The number of imide groups is 2. The topological polar surface area (TPSA) is 114 Å². The van der Waals surface area contributed by atoms with Crippen LogP contribution in [-0.2, 0) is 14.4 Å². The molecule has 0 saturated carbocycles. The summed E-state index contributed by atoms with van der Waals surface area (Å²) in [4.78, 5) is 50.9. The van der Waals surface area contributed by atoms with Crippen molar-refractivity contribution in [3.8, 4) is 11.5 Å². The summed E-state index contributed by atoms with van der Waals surface area (Å²) in [6.07, 6.45) is 1.36. The number of ether oxygens (including phenoxy) is 2. The number of urea groups is 1. The van der Waals surface area contributed by atoms with Crippen molar-refractivity contribution in [1.82, 2.24) is 5.32 Å². The summed E-state index contributed by atoms with van der Waals surface area (Å²) >= 11 is 9.27. The first kappa shape index (κ1) is 25.9. The van der Waals surface area contributed by atoms with Gasteiger partial charge in [-0.1, -0.05) is 29.8 Å². The molecule has 0 radical (unpaired) electrons. The van der Waals surface area contributed by atoms with Gasteiger partial charge in [0.1, 0.15) is 17.1 Å². The van der Waals surface area contributed by atoms with Gasteiger partial charge in [0.15, 0.2) is 6.61 Å².